The number of aryl methyl sites for hydroxylation is 1. The van der Waals surface area contributed by atoms with Gasteiger partial charge < -0.3 is 15.1 Å². The van der Waals surface area contributed by atoms with Crippen LogP contribution in [-0.4, -0.2) is 19.0 Å². The molecule has 0 aromatic carbocycles. The van der Waals surface area contributed by atoms with E-state index in [2.05, 4.69) is 10.6 Å². The first kappa shape index (κ1) is 11.2. The van der Waals surface area contributed by atoms with Crippen LogP contribution in [0.1, 0.15) is 24.4 Å². The van der Waals surface area contributed by atoms with Crippen molar-refractivity contribution >= 4 is 5.91 Å². The van der Waals surface area contributed by atoms with Crippen molar-refractivity contribution in [2.45, 2.75) is 26.3 Å². The van der Waals surface area contributed by atoms with Crippen LogP contribution in [0.15, 0.2) is 16.5 Å². The van der Waals surface area contributed by atoms with Crippen LogP contribution in [0.25, 0.3) is 0 Å². The Morgan fingerprint density at radius 1 is 1.62 bits per heavy atom. The first-order valence-electron chi connectivity index (χ1n) is 5.79. The van der Waals surface area contributed by atoms with Crippen molar-refractivity contribution in [3.05, 3.63) is 23.7 Å². The zero-order chi connectivity index (χ0) is 11.4. The fraction of sp³-hybridized carbons (Fsp3) is 0.583. The van der Waals surface area contributed by atoms with Gasteiger partial charge in [0.05, 0.1) is 12.5 Å². The fourth-order valence-corrected chi connectivity index (χ4v) is 1.97. The van der Waals surface area contributed by atoms with E-state index in [0.717, 1.165) is 37.5 Å². The highest BCUT2D eigenvalue weighted by Crippen LogP contribution is 2.11. The molecule has 1 aromatic rings. The summed E-state index contributed by atoms with van der Waals surface area (Å²) in [7, 11) is 0. The van der Waals surface area contributed by atoms with E-state index in [4.69, 9.17) is 4.42 Å². The van der Waals surface area contributed by atoms with Crippen molar-refractivity contribution in [1.29, 1.82) is 0 Å². The predicted molar refractivity (Wildman–Crippen MR) is 60.9 cm³/mol. The molecular formula is C12H18N2O2. The Bertz CT molecular complexity index is 354. The third kappa shape index (κ3) is 2.85. The SMILES string of the molecule is Cc1ccc(CNC(=O)[C@@H]2CCCNC2)o1. The van der Waals surface area contributed by atoms with Crippen molar-refractivity contribution < 1.29 is 9.21 Å². The highest BCUT2D eigenvalue weighted by molar-refractivity contribution is 5.78. The standard InChI is InChI=1S/C12H18N2O2/c1-9-4-5-11(16-9)8-14-12(15)10-3-2-6-13-7-10/h4-5,10,13H,2-3,6-8H2,1H3,(H,14,15)/t10-/m1/s1. The molecule has 1 atom stereocenters. The Labute approximate surface area is 95.4 Å². The molecule has 0 spiro atoms. The molecule has 1 aromatic heterocycles. The molecule has 0 saturated carbocycles. The second-order valence-corrected chi connectivity index (χ2v) is 4.27. The van der Waals surface area contributed by atoms with Gasteiger partial charge in [0.1, 0.15) is 11.5 Å². The molecule has 0 radical (unpaired) electrons. The Hall–Kier alpha value is -1.29. The van der Waals surface area contributed by atoms with Crippen LogP contribution < -0.4 is 10.6 Å². The lowest BCUT2D eigenvalue weighted by molar-refractivity contribution is -0.125. The smallest absolute Gasteiger partial charge is 0.224 e. The Balaban J connectivity index is 1.78. The largest absolute Gasteiger partial charge is 0.465 e. The first-order valence-corrected chi connectivity index (χ1v) is 5.79. The fourth-order valence-electron chi connectivity index (χ4n) is 1.97. The lowest BCUT2D eigenvalue weighted by Crippen LogP contribution is -2.40. The summed E-state index contributed by atoms with van der Waals surface area (Å²) < 4.78 is 5.39. The van der Waals surface area contributed by atoms with E-state index >= 15 is 0 Å². The number of hydrogen-bond donors (Lipinski definition) is 2. The molecule has 0 bridgehead atoms. The van der Waals surface area contributed by atoms with Gasteiger partial charge in [0.15, 0.2) is 0 Å². The molecule has 88 valence electrons. The lowest BCUT2D eigenvalue weighted by atomic mass is 9.99. The number of amides is 1. The van der Waals surface area contributed by atoms with Crippen LogP contribution in [0.2, 0.25) is 0 Å². The van der Waals surface area contributed by atoms with Gasteiger partial charge in [0.2, 0.25) is 5.91 Å². The molecule has 16 heavy (non-hydrogen) atoms. The van der Waals surface area contributed by atoms with Crippen molar-refractivity contribution in [3.8, 4) is 0 Å². The van der Waals surface area contributed by atoms with E-state index in [1.807, 2.05) is 19.1 Å². The summed E-state index contributed by atoms with van der Waals surface area (Å²) in [6.45, 7) is 4.21. The summed E-state index contributed by atoms with van der Waals surface area (Å²) >= 11 is 0. The number of hydrogen-bond acceptors (Lipinski definition) is 3. The highest BCUT2D eigenvalue weighted by atomic mass is 16.3. The van der Waals surface area contributed by atoms with Gasteiger partial charge >= 0.3 is 0 Å². The second kappa shape index (κ2) is 5.16. The third-order valence-electron chi connectivity index (χ3n) is 2.90. The normalized spacial score (nSPS) is 20.7. The molecule has 1 amide bonds. The quantitative estimate of drug-likeness (QED) is 0.808. The lowest BCUT2D eigenvalue weighted by Gasteiger charge is -2.21. The molecule has 1 aliphatic heterocycles. The average molecular weight is 222 g/mol. The maximum absolute atomic E-state index is 11.8. The summed E-state index contributed by atoms with van der Waals surface area (Å²) in [6.07, 6.45) is 2.06. The van der Waals surface area contributed by atoms with Gasteiger partial charge in [-0.3, -0.25) is 4.79 Å². The van der Waals surface area contributed by atoms with Crippen molar-refractivity contribution in [1.82, 2.24) is 10.6 Å². The maximum Gasteiger partial charge on any atom is 0.224 e. The molecule has 0 aliphatic carbocycles. The van der Waals surface area contributed by atoms with Crippen molar-refractivity contribution in [2.75, 3.05) is 13.1 Å². The highest BCUT2D eigenvalue weighted by Gasteiger charge is 2.20. The molecule has 4 nitrogen and oxygen atoms in total. The first-order chi connectivity index (χ1) is 7.75. The predicted octanol–water partition coefficient (Wildman–Crippen LogP) is 1.20. The zero-order valence-corrected chi connectivity index (χ0v) is 9.58. The minimum atomic E-state index is 0.116. The van der Waals surface area contributed by atoms with Crippen LogP contribution in [0, 0.1) is 12.8 Å². The van der Waals surface area contributed by atoms with Crippen molar-refractivity contribution in [3.63, 3.8) is 0 Å². The Kier molecular flexibility index (Phi) is 3.62. The number of rotatable bonds is 3. The molecule has 1 saturated heterocycles. The average Bonchev–Trinajstić information content (AvgIpc) is 2.73. The number of carbonyl (C=O) groups is 1. The molecule has 0 unspecified atom stereocenters. The van der Waals surface area contributed by atoms with Gasteiger partial charge in [-0.15, -0.1) is 0 Å². The van der Waals surface area contributed by atoms with Gasteiger partial charge in [-0.25, -0.2) is 0 Å². The third-order valence-corrected chi connectivity index (χ3v) is 2.90. The summed E-state index contributed by atoms with van der Waals surface area (Å²) in [5, 5.41) is 6.14. The van der Waals surface area contributed by atoms with Gasteiger partial charge in [0.25, 0.3) is 0 Å². The van der Waals surface area contributed by atoms with E-state index in [-0.39, 0.29) is 11.8 Å². The Morgan fingerprint density at radius 3 is 3.12 bits per heavy atom. The van der Waals surface area contributed by atoms with Crippen molar-refractivity contribution in [2.24, 2.45) is 5.92 Å². The summed E-state index contributed by atoms with van der Waals surface area (Å²) in [5.41, 5.74) is 0. The number of nitrogens with one attached hydrogen (secondary N) is 2. The molecule has 2 N–H and O–H groups in total. The number of piperidine rings is 1. The molecule has 2 heterocycles. The van der Waals surface area contributed by atoms with Gasteiger partial charge in [-0.05, 0) is 38.4 Å². The number of carbonyl (C=O) groups excluding carboxylic acids is 1. The molecular weight excluding hydrogens is 204 g/mol. The maximum atomic E-state index is 11.8. The summed E-state index contributed by atoms with van der Waals surface area (Å²) in [5.74, 6) is 1.93. The van der Waals surface area contributed by atoms with E-state index < -0.39 is 0 Å². The zero-order valence-electron chi connectivity index (χ0n) is 9.58. The van der Waals surface area contributed by atoms with Crippen LogP contribution in [0.5, 0.6) is 0 Å². The van der Waals surface area contributed by atoms with Gasteiger partial charge in [-0.2, -0.15) is 0 Å². The molecule has 4 heteroatoms. The molecule has 1 aliphatic rings. The minimum absolute atomic E-state index is 0.116. The monoisotopic (exact) mass is 222 g/mol. The van der Waals surface area contributed by atoms with Gasteiger partial charge in [0, 0.05) is 6.54 Å². The second-order valence-electron chi connectivity index (χ2n) is 4.27. The van der Waals surface area contributed by atoms with Crippen LogP contribution in [0.4, 0.5) is 0 Å². The van der Waals surface area contributed by atoms with Crippen LogP contribution in [0.3, 0.4) is 0 Å². The molecule has 1 fully saturated rings. The minimum Gasteiger partial charge on any atom is -0.465 e. The van der Waals surface area contributed by atoms with Crippen LogP contribution >= 0.6 is 0 Å². The van der Waals surface area contributed by atoms with E-state index in [1.165, 1.54) is 0 Å². The summed E-state index contributed by atoms with van der Waals surface area (Å²) in [4.78, 5) is 11.8. The topological polar surface area (TPSA) is 54.3 Å². The van der Waals surface area contributed by atoms with Gasteiger partial charge in [-0.1, -0.05) is 0 Å². The van der Waals surface area contributed by atoms with E-state index in [9.17, 15) is 4.79 Å². The Morgan fingerprint density at radius 2 is 2.50 bits per heavy atom. The van der Waals surface area contributed by atoms with E-state index in [1.54, 1.807) is 0 Å². The number of furan rings is 1. The molecule has 2 rings (SSSR count). The van der Waals surface area contributed by atoms with Crippen LogP contribution in [-0.2, 0) is 11.3 Å². The van der Waals surface area contributed by atoms with E-state index in [0.29, 0.717) is 6.54 Å². The summed E-state index contributed by atoms with van der Waals surface area (Å²) in [6, 6.07) is 3.80.